The third kappa shape index (κ3) is 1.85. The monoisotopic (exact) mass is 285 g/mol. The summed E-state index contributed by atoms with van der Waals surface area (Å²) in [6.45, 7) is 3.22. The molecule has 18 heavy (non-hydrogen) atoms. The second-order valence-electron chi connectivity index (χ2n) is 4.97. The molecule has 3 nitrogen and oxygen atoms in total. The van der Waals surface area contributed by atoms with Gasteiger partial charge in [0.2, 0.25) is 7.65 Å². The van der Waals surface area contributed by atoms with Crippen LogP contribution in [0.15, 0.2) is 24.3 Å². The Balaban J connectivity index is 1.93. The predicted molar refractivity (Wildman–Crippen MR) is 73.9 cm³/mol. The van der Waals surface area contributed by atoms with Gasteiger partial charge in [-0.15, -0.1) is 0 Å². The summed E-state index contributed by atoms with van der Waals surface area (Å²) in [6, 6.07) is 8.55. The summed E-state index contributed by atoms with van der Waals surface area (Å²) in [7, 11) is 0.726. The maximum atomic E-state index is 6.35. The van der Waals surface area contributed by atoms with Crippen LogP contribution in [0.1, 0.15) is 25.3 Å². The van der Waals surface area contributed by atoms with Crippen LogP contribution in [0.4, 0.5) is 0 Å². The number of hydrogen-bond acceptors (Lipinski definition) is 3. The van der Waals surface area contributed by atoms with Gasteiger partial charge in [-0.3, -0.25) is 0 Å². The van der Waals surface area contributed by atoms with Crippen LogP contribution in [0.2, 0.25) is 0 Å². The van der Waals surface area contributed by atoms with E-state index in [0.717, 1.165) is 18.7 Å². The Morgan fingerprint density at radius 2 is 2.17 bits per heavy atom. The molecule has 1 aromatic carbocycles. The first kappa shape index (κ1) is 12.7. The molecule has 3 atom stereocenters. The lowest BCUT2D eigenvalue weighted by Gasteiger charge is -2.29. The molecule has 2 saturated heterocycles. The fourth-order valence-corrected chi connectivity index (χ4v) is 5.41. The fraction of sp³-hybridized carbons (Fsp3) is 0.538. The Kier molecular flexibility index (Phi) is 3.27. The lowest BCUT2D eigenvalue weighted by Crippen LogP contribution is -2.36. The molecule has 1 aromatic rings. The first-order valence-corrected chi connectivity index (χ1v) is 8.33. The fourth-order valence-electron chi connectivity index (χ4n) is 2.94. The van der Waals surface area contributed by atoms with E-state index in [4.69, 9.17) is 20.5 Å². The van der Waals surface area contributed by atoms with Gasteiger partial charge < -0.3 is 9.26 Å². The van der Waals surface area contributed by atoms with Gasteiger partial charge in [0.15, 0.2) is 0 Å². The van der Waals surface area contributed by atoms with Crippen molar-refractivity contribution in [2.45, 2.75) is 31.4 Å². The van der Waals surface area contributed by atoms with Gasteiger partial charge in [0.05, 0.1) is 13.2 Å². The minimum Gasteiger partial charge on any atom is -0.497 e. The van der Waals surface area contributed by atoms with Crippen molar-refractivity contribution in [2.75, 3.05) is 13.7 Å². The maximum absolute atomic E-state index is 6.35. The smallest absolute Gasteiger partial charge is 0.208 e. The van der Waals surface area contributed by atoms with E-state index in [1.54, 1.807) is 7.11 Å². The van der Waals surface area contributed by atoms with E-state index in [2.05, 4.69) is 23.7 Å². The Labute approximate surface area is 114 Å². The van der Waals surface area contributed by atoms with Gasteiger partial charge in [-0.2, -0.15) is 0 Å². The molecule has 3 rings (SSSR count). The molecule has 0 aliphatic carbocycles. The van der Waals surface area contributed by atoms with E-state index in [-0.39, 0.29) is 5.60 Å². The molecular formula is C13H17ClNO2P. The first-order chi connectivity index (χ1) is 8.65. The molecule has 2 heterocycles. The van der Waals surface area contributed by atoms with E-state index < -0.39 is 7.65 Å². The summed E-state index contributed by atoms with van der Waals surface area (Å²) in [5.41, 5.74) is 0.904. The van der Waals surface area contributed by atoms with Crippen molar-refractivity contribution in [3.05, 3.63) is 29.8 Å². The normalized spacial score (nSPS) is 35.7. The molecule has 1 unspecified atom stereocenters. The highest BCUT2D eigenvalue weighted by Gasteiger charge is 2.53. The van der Waals surface area contributed by atoms with Gasteiger partial charge in [0.1, 0.15) is 11.4 Å². The van der Waals surface area contributed by atoms with Gasteiger partial charge in [-0.05, 0) is 48.7 Å². The molecule has 2 fully saturated rings. The second kappa shape index (κ2) is 4.64. The van der Waals surface area contributed by atoms with Crippen molar-refractivity contribution in [2.24, 2.45) is 0 Å². The molecule has 98 valence electrons. The number of benzene rings is 1. The van der Waals surface area contributed by atoms with Crippen molar-refractivity contribution >= 4 is 18.9 Å². The highest BCUT2D eigenvalue weighted by Crippen LogP contribution is 2.64. The van der Waals surface area contributed by atoms with Crippen LogP contribution in [-0.2, 0) is 10.1 Å². The number of rotatable bonds is 2. The van der Waals surface area contributed by atoms with E-state index in [0.29, 0.717) is 6.04 Å². The molecule has 0 aromatic heterocycles. The molecule has 0 saturated carbocycles. The van der Waals surface area contributed by atoms with Crippen molar-refractivity contribution < 1.29 is 9.26 Å². The lowest BCUT2D eigenvalue weighted by atomic mass is 9.87. The molecule has 2 aliphatic heterocycles. The minimum absolute atomic E-state index is 0.282. The number of nitrogens with zero attached hydrogens (tertiary/aromatic N) is 1. The molecule has 0 bridgehead atoms. The van der Waals surface area contributed by atoms with Crippen molar-refractivity contribution in [3.8, 4) is 5.75 Å². The van der Waals surface area contributed by atoms with Gasteiger partial charge in [-0.1, -0.05) is 12.1 Å². The maximum Gasteiger partial charge on any atom is 0.208 e. The zero-order valence-electron chi connectivity index (χ0n) is 10.6. The summed E-state index contributed by atoms with van der Waals surface area (Å²) < 4.78 is 13.6. The van der Waals surface area contributed by atoms with Crippen LogP contribution in [-0.4, -0.2) is 24.4 Å². The number of hydrogen-bond donors (Lipinski definition) is 0. The van der Waals surface area contributed by atoms with Crippen LogP contribution in [0, 0.1) is 0 Å². The zero-order chi connectivity index (χ0) is 12.8. The average molecular weight is 286 g/mol. The molecule has 0 amide bonds. The standard InChI is InChI=1S/C13H17ClNO2P/c1-13(10-5-7-11(16-2)8-6-10)12-4-3-9-15(12)18(14)17-13/h5-8,12H,3-4,9H2,1-2H3/t12-,13+,18?/m0/s1. The van der Waals surface area contributed by atoms with Crippen molar-refractivity contribution in [1.29, 1.82) is 0 Å². The quantitative estimate of drug-likeness (QED) is 0.770. The van der Waals surface area contributed by atoms with E-state index in [1.165, 1.54) is 12.0 Å². The van der Waals surface area contributed by atoms with Gasteiger partial charge >= 0.3 is 0 Å². The van der Waals surface area contributed by atoms with Crippen LogP contribution in [0.5, 0.6) is 5.75 Å². The summed E-state index contributed by atoms with van der Waals surface area (Å²) in [5.74, 6) is 0.872. The molecule has 0 radical (unpaired) electrons. The SMILES string of the molecule is COc1ccc([C@@]2(C)OP(Cl)N3CCC[C@H]32)cc1. The Hall–Kier alpha value is -0.340. The minimum atomic E-state index is -0.954. The molecule has 2 aliphatic rings. The Morgan fingerprint density at radius 1 is 1.44 bits per heavy atom. The van der Waals surface area contributed by atoms with E-state index >= 15 is 0 Å². The van der Waals surface area contributed by atoms with Gasteiger partial charge in [0.25, 0.3) is 0 Å². The van der Waals surface area contributed by atoms with Crippen molar-refractivity contribution in [3.63, 3.8) is 0 Å². The van der Waals surface area contributed by atoms with Gasteiger partial charge in [0, 0.05) is 6.54 Å². The Bertz CT molecular complexity index is 441. The average Bonchev–Trinajstić information content (AvgIpc) is 2.95. The third-order valence-electron chi connectivity index (χ3n) is 3.99. The molecule has 0 spiro atoms. The molecule has 5 heteroatoms. The highest BCUT2D eigenvalue weighted by atomic mass is 35.7. The largest absolute Gasteiger partial charge is 0.497 e. The van der Waals surface area contributed by atoms with E-state index in [1.807, 2.05) is 12.1 Å². The van der Waals surface area contributed by atoms with Crippen molar-refractivity contribution in [1.82, 2.24) is 4.67 Å². The van der Waals surface area contributed by atoms with Crippen LogP contribution in [0.3, 0.4) is 0 Å². The van der Waals surface area contributed by atoms with E-state index in [9.17, 15) is 0 Å². The topological polar surface area (TPSA) is 21.7 Å². The number of halogens is 1. The zero-order valence-corrected chi connectivity index (χ0v) is 12.2. The number of ether oxygens (including phenoxy) is 1. The van der Waals surface area contributed by atoms with Crippen LogP contribution < -0.4 is 4.74 Å². The molecule has 0 N–H and O–H groups in total. The summed E-state index contributed by atoms with van der Waals surface area (Å²) in [6.07, 6.45) is 2.37. The Morgan fingerprint density at radius 3 is 2.83 bits per heavy atom. The predicted octanol–water partition coefficient (Wildman–Crippen LogP) is 3.87. The summed E-state index contributed by atoms with van der Waals surface area (Å²) >= 11 is 6.35. The van der Waals surface area contributed by atoms with Crippen LogP contribution in [0.25, 0.3) is 0 Å². The first-order valence-electron chi connectivity index (χ1n) is 6.21. The highest BCUT2D eigenvalue weighted by molar-refractivity contribution is 7.78. The molecular weight excluding hydrogens is 269 g/mol. The summed E-state index contributed by atoms with van der Waals surface area (Å²) in [4.78, 5) is 0. The third-order valence-corrected chi connectivity index (χ3v) is 6.19. The summed E-state index contributed by atoms with van der Waals surface area (Å²) in [5, 5.41) is 0. The number of fused-ring (bicyclic) bond motifs is 1. The second-order valence-corrected chi connectivity index (χ2v) is 6.99. The number of methoxy groups -OCH3 is 1. The van der Waals surface area contributed by atoms with Gasteiger partial charge in [-0.25, -0.2) is 4.67 Å². The lowest BCUT2D eigenvalue weighted by molar-refractivity contribution is 0.0896. The van der Waals surface area contributed by atoms with Crippen LogP contribution >= 0.6 is 18.9 Å².